The molecule has 2 aromatic rings. The molecule has 0 saturated carbocycles. The molecule has 1 heterocycles. The topological polar surface area (TPSA) is 93.5 Å². The molecule has 0 aliphatic carbocycles. The van der Waals surface area contributed by atoms with Gasteiger partial charge in [0.25, 0.3) is 0 Å². The third kappa shape index (κ3) is 3.85. The number of carboxylic acid groups (broad SMARTS) is 1. The third-order valence-corrected chi connectivity index (χ3v) is 2.77. The molecular formula is C15H17N3O4. The van der Waals surface area contributed by atoms with Crippen LogP contribution in [0.5, 0.6) is 5.75 Å². The predicted molar refractivity (Wildman–Crippen MR) is 80.4 cm³/mol. The van der Waals surface area contributed by atoms with Gasteiger partial charge < -0.3 is 15.2 Å². The lowest BCUT2D eigenvalue weighted by molar-refractivity contribution is 0.0687. The third-order valence-electron chi connectivity index (χ3n) is 2.77. The van der Waals surface area contributed by atoms with Gasteiger partial charge in [-0.25, -0.2) is 19.1 Å². The number of benzene rings is 1. The van der Waals surface area contributed by atoms with E-state index >= 15 is 0 Å². The van der Waals surface area contributed by atoms with Gasteiger partial charge in [0.15, 0.2) is 5.69 Å². The summed E-state index contributed by atoms with van der Waals surface area (Å²) in [5.74, 6) is -0.0827. The van der Waals surface area contributed by atoms with Crippen molar-refractivity contribution >= 4 is 17.7 Å². The molecule has 1 amide bonds. The lowest BCUT2D eigenvalue weighted by Gasteiger charge is -2.10. The summed E-state index contributed by atoms with van der Waals surface area (Å²) in [6.45, 7) is 4.72. The van der Waals surface area contributed by atoms with Crippen molar-refractivity contribution in [1.82, 2.24) is 9.55 Å². The van der Waals surface area contributed by atoms with Gasteiger partial charge in [0.2, 0.25) is 0 Å². The van der Waals surface area contributed by atoms with E-state index in [1.807, 2.05) is 0 Å². The average Bonchev–Trinajstić information content (AvgIpc) is 2.96. The van der Waals surface area contributed by atoms with Crippen LogP contribution in [0.4, 0.5) is 10.5 Å². The van der Waals surface area contributed by atoms with Gasteiger partial charge in [-0.15, -0.1) is 0 Å². The Morgan fingerprint density at radius 1 is 1.32 bits per heavy atom. The van der Waals surface area contributed by atoms with Crippen LogP contribution in [0, 0.1) is 5.92 Å². The maximum absolute atomic E-state index is 12.0. The first-order chi connectivity index (χ1) is 10.5. The summed E-state index contributed by atoms with van der Waals surface area (Å²) in [6, 6.07) is 6.26. The van der Waals surface area contributed by atoms with E-state index in [9.17, 15) is 9.59 Å². The summed E-state index contributed by atoms with van der Waals surface area (Å²) in [7, 11) is 0. The summed E-state index contributed by atoms with van der Waals surface area (Å²) < 4.78 is 6.48. The molecule has 0 atom stereocenters. The number of hydrogen-bond acceptors (Lipinski definition) is 4. The Morgan fingerprint density at radius 2 is 2.00 bits per heavy atom. The fourth-order valence-corrected chi connectivity index (χ4v) is 1.70. The molecule has 116 valence electrons. The van der Waals surface area contributed by atoms with Crippen LogP contribution in [0.25, 0.3) is 0 Å². The van der Waals surface area contributed by atoms with Gasteiger partial charge in [-0.2, -0.15) is 0 Å². The van der Waals surface area contributed by atoms with E-state index < -0.39 is 12.0 Å². The molecule has 22 heavy (non-hydrogen) atoms. The van der Waals surface area contributed by atoms with Crippen molar-refractivity contribution in [3.8, 4) is 5.75 Å². The minimum absolute atomic E-state index is 0.200. The smallest absolute Gasteiger partial charge is 0.354 e. The quantitative estimate of drug-likeness (QED) is 0.885. The Hall–Kier alpha value is -2.83. The summed E-state index contributed by atoms with van der Waals surface area (Å²) in [4.78, 5) is 26.6. The lowest BCUT2D eigenvalue weighted by atomic mass is 10.2. The first-order valence-electron chi connectivity index (χ1n) is 6.77. The zero-order valence-electron chi connectivity index (χ0n) is 12.3. The number of rotatable bonds is 5. The van der Waals surface area contributed by atoms with Crippen molar-refractivity contribution in [2.45, 2.75) is 13.8 Å². The van der Waals surface area contributed by atoms with Gasteiger partial charge in [0.1, 0.15) is 12.1 Å². The molecule has 1 aromatic heterocycles. The number of carbonyl (C=O) groups excluding carboxylic acids is 1. The van der Waals surface area contributed by atoms with E-state index in [1.54, 1.807) is 24.3 Å². The van der Waals surface area contributed by atoms with Gasteiger partial charge in [0.05, 0.1) is 12.8 Å². The van der Waals surface area contributed by atoms with E-state index in [0.29, 0.717) is 24.0 Å². The summed E-state index contributed by atoms with van der Waals surface area (Å²) >= 11 is 0. The highest BCUT2D eigenvalue weighted by Gasteiger charge is 2.15. The molecule has 7 heteroatoms. The van der Waals surface area contributed by atoms with Gasteiger partial charge in [-0.05, 0) is 30.2 Å². The monoisotopic (exact) mass is 303 g/mol. The molecule has 0 saturated heterocycles. The zero-order chi connectivity index (χ0) is 16.1. The van der Waals surface area contributed by atoms with Gasteiger partial charge in [-0.1, -0.05) is 13.8 Å². The first kappa shape index (κ1) is 15.6. The number of carboxylic acids is 1. The molecule has 7 nitrogen and oxygen atoms in total. The van der Waals surface area contributed by atoms with Gasteiger partial charge >= 0.3 is 12.0 Å². The van der Waals surface area contributed by atoms with E-state index in [-0.39, 0.29) is 5.69 Å². The van der Waals surface area contributed by atoms with Crippen molar-refractivity contribution < 1.29 is 19.4 Å². The van der Waals surface area contributed by atoms with Crippen molar-refractivity contribution in [1.29, 1.82) is 0 Å². The standard InChI is InChI=1S/C15H17N3O4/c1-10(2)8-22-12-5-3-11(4-6-12)17-15(21)18-9-16-7-13(18)14(19)20/h3-7,9-10H,8H2,1-2H3,(H,17,21)(H,19,20). The number of carbonyl (C=O) groups is 2. The zero-order valence-corrected chi connectivity index (χ0v) is 12.3. The maximum atomic E-state index is 12.0. The van der Waals surface area contributed by atoms with Gasteiger partial charge in [-0.3, -0.25) is 0 Å². The highest BCUT2D eigenvalue weighted by Crippen LogP contribution is 2.17. The predicted octanol–water partition coefficient (Wildman–Crippen LogP) is 2.70. The molecule has 2 rings (SSSR count). The van der Waals surface area contributed by atoms with E-state index in [2.05, 4.69) is 24.1 Å². The first-order valence-corrected chi connectivity index (χ1v) is 6.77. The van der Waals surface area contributed by atoms with Crippen molar-refractivity contribution in [2.24, 2.45) is 5.92 Å². The number of amides is 1. The molecular weight excluding hydrogens is 286 g/mol. The summed E-state index contributed by atoms with van der Waals surface area (Å²) in [5, 5.41) is 11.5. The molecule has 0 radical (unpaired) electrons. The number of nitrogens with zero attached hydrogens (tertiary/aromatic N) is 2. The average molecular weight is 303 g/mol. The van der Waals surface area contributed by atoms with E-state index in [4.69, 9.17) is 9.84 Å². The Morgan fingerprint density at radius 3 is 2.59 bits per heavy atom. The summed E-state index contributed by atoms with van der Waals surface area (Å²) in [5.41, 5.74) is 0.335. The van der Waals surface area contributed by atoms with Crippen LogP contribution in [0.3, 0.4) is 0 Å². The van der Waals surface area contributed by atoms with Crippen LogP contribution < -0.4 is 10.1 Å². The number of nitrogens with one attached hydrogen (secondary N) is 1. The van der Waals surface area contributed by atoms with Crippen molar-refractivity contribution in [3.05, 3.63) is 42.5 Å². The van der Waals surface area contributed by atoms with Crippen LogP contribution in [0.15, 0.2) is 36.8 Å². The van der Waals surface area contributed by atoms with Crippen LogP contribution in [0.1, 0.15) is 24.3 Å². The molecule has 0 aliphatic rings. The number of aromatic carboxylic acids is 1. The number of aromatic nitrogens is 2. The summed E-state index contributed by atoms with van der Waals surface area (Å²) in [6.07, 6.45) is 2.27. The maximum Gasteiger partial charge on any atom is 0.354 e. The molecule has 0 unspecified atom stereocenters. The normalized spacial score (nSPS) is 10.5. The molecule has 0 fully saturated rings. The largest absolute Gasteiger partial charge is 0.493 e. The van der Waals surface area contributed by atoms with Crippen LogP contribution in [-0.4, -0.2) is 33.3 Å². The van der Waals surface area contributed by atoms with Crippen LogP contribution >= 0.6 is 0 Å². The van der Waals surface area contributed by atoms with E-state index in [0.717, 1.165) is 17.1 Å². The Balaban J connectivity index is 2.02. The Kier molecular flexibility index (Phi) is 4.77. The van der Waals surface area contributed by atoms with Crippen molar-refractivity contribution in [3.63, 3.8) is 0 Å². The second-order valence-corrected chi connectivity index (χ2v) is 5.11. The second kappa shape index (κ2) is 6.75. The molecule has 1 aromatic carbocycles. The van der Waals surface area contributed by atoms with Crippen molar-refractivity contribution in [2.75, 3.05) is 11.9 Å². The fraction of sp³-hybridized carbons (Fsp3) is 0.267. The number of imidazole rings is 1. The minimum Gasteiger partial charge on any atom is -0.493 e. The fourth-order valence-electron chi connectivity index (χ4n) is 1.70. The van der Waals surface area contributed by atoms with E-state index in [1.165, 1.54) is 0 Å². The molecule has 0 spiro atoms. The Labute approximate surface area is 127 Å². The van der Waals surface area contributed by atoms with Gasteiger partial charge in [0, 0.05) is 5.69 Å². The van der Waals surface area contributed by atoms with Crippen LogP contribution in [-0.2, 0) is 0 Å². The number of hydrogen-bond donors (Lipinski definition) is 2. The second-order valence-electron chi connectivity index (χ2n) is 5.11. The minimum atomic E-state index is -1.22. The number of ether oxygens (including phenoxy) is 1. The lowest BCUT2D eigenvalue weighted by Crippen LogP contribution is -2.22. The highest BCUT2D eigenvalue weighted by molar-refractivity contribution is 5.97. The molecule has 2 N–H and O–H groups in total. The Bertz CT molecular complexity index is 662. The highest BCUT2D eigenvalue weighted by atomic mass is 16.5. The molecule has 0 bridgehead atoms. The SMILES string of the molecule is CC(C)COc1ccc(NC(=O)n2cncc2C(=O)O)cc1. The molecule has 0 aliphatic heterocycles. The number of anilines is 1. The van der Waals surface area contributed by atoms with Crippen LogP contribution in [0.2, 0.25) is 0 Å².